The van der Waals surface area contributed by atoms with Crippen molar-refractivity contribution in [3.8, 4) is 0 Å². The van der Waals surface area contributed by atoms with Gasteiger partial charge in [0.1, 0.15) is 24.9 Å². The molecule has 1 aliphatic rings. The number of esters is 1. The van der Waals surface area contributed by atoms with Crippen LogP contribution in [0.4, 0.5) is 0 Å². The van der Waals surface area contributed by atoms with Crippen molar-refractivity contribution in [2.45, 2.75) is 82.8 Å². The highest BCUT2D eigenvalue weighted by Gasteiger charge is 2.42. The van der Waals surface area contributed by atoms with E-state index in [1.165, 1.54) is 13.2 Å². The van der Waals surface area contributed by atoms with Crippen LogP contribution in [0.15, 0.2) is 24.1 Å². The molecule has 0 bridgehead atoms. The molecule has 5 atom stereocenters. The maximum atomic E-state index is 11.9. The number of carboxylic acid groups (broad SMARTS) is 1. The first-order chi connectivity index (χ1) is 14.2. The van der Waals surface area contributed by atoms with Crippen molar-refractivity contribution < 1.29 is 34.0 Å². The number of aliphatic hydroxyl groups excluding tert-OH is 1. The Hall–Kier alpha value is -2.10. The number of carbonyl (C=O) groups excluding carboxylic acids is 1. The minimum absolute atomic E-state index is 0.282. The lowest BCUT2D eigenvalue weighted by Crippen LogP contribution is -2.60. The molecule has 1 heterocycles. The fraction of sp³-hybridized carbons (Fsp3) is 0.714. The summed E-state index contributed by atoms with van der Waals surface area (Å²) >= 11 is 0. The molecule has 0 aromatic carbocycles. The van der Waals surface area contributed by atoms with Gasteiger partial charge in [0.25, 0.3) is 0 Å². The van der Waals surface area contributed by atoms with Crippen LogP contribution in [0.25, 0.3) is 0 Å². The van der Waals surface area contributed by atoms with Crippen LogP contribution < -0.4 is 11.1 Å². The van der Waals surface area contributed by atoms with Crippen molar-refractivity contribution >= 4 is 11.9 Å². The smallest absolute Gasteiger partial charge is 0.370 e. The number of aliphatic hydroxyl groups is 1. The van der Waals surface area contributed by atoms with Gasteiger partial charge in [-0.25, -0.2) is 4.79 Å². The molecule has 9 heteroatoms. The molecule has 1 aliphatic heterocycles. The van der Waals surface area contributed by atoms with Gasteiger partial charge in [-0.1, -0.05) is 39.2 Å². The van der Waals surface area contributed by atoms with Gasteiger partial charge in [0.2, 0.25) is 5.76 Å². The van der Waals surface area contributed by atoms with E-state index in [0.29, 0.717) is 5.70 Å². The second-order valence-electron chi connectivity index (χ2n) is 7.56. The predicted molar refractivity (Wildman–Crippen MR) is 111 cm³/mol. The Kier molecular flexibility index (Phi) is 11.5. The third-order valence-electron chi connectivity index (χ3n) is 4.89. The van der Waals surface area contributed by atoms with Crippen molar-refractivity contribution in [1.29, 1.82) is 0 Å². The van der Waals surface area contributed by atoms with E-state index in [9.17, 15) is 19.8 Å². The van der Waals surface area contributed by atoms with Crippen LogP contribution in [-0.4, -0.2) is 66.3 Å². The van der Waals surface area contributed by atoms with E-state index in [0.717, 1.165) is 32.1 Å². The van der Waals surface area contributed by atoms with Gasteiger partial charge in [-0.2, -0.15) is 0 Å². The summed E-state index contributed by atoms with van der Waals surface area (Å²) in [6.45, 7) is 7.28. The summed E-state index contributed by atoms with van der Waals surface area (Å²) in [4.78, 5) is 23.4. The number of nitrogens with one attached hydrogen (secondary N) is 1. The topological polar surface area (TPSA) is 140 Å². The third kappa shape index (κ3) is 8.33. The zero-order valence-electron chi connectivity index (χ0n) is 18.1. The highest BCUT2D eigenvalue weighted by atomic mass is 16.6. The normalized spacial score (nSPS) is 23.0. The second-order valence-corrected chi connectivity index (χ2v) is 7.56. The molecule has 0 unspecified atom stereocenters. The molecule has 0 radical (unpaired) electrons. The van der Waals surface area contributed by atoms with Crippen molar-refractivity contribution in [1.82, 2.24) is 5.32 Å². The van der Waals surface area contributed by atoms with Crippen molar-refractivity contribution in [2.75, 3.05) is 13.7 Å². The quantitative estimate of drug-likeness (QED) is 0.239. The van der Waals surface area contributed by atoms with Gasteiger partial charge in [0.15, 0.2) is 0 Å². The average molecular weight is 429 g/mol. The lowest BCUT2D eigenvalue weighted by Gasteiger charge is -2.39. The summed E-state index contributed by atoms with van der Waals surface area (Å²) in [6, 6.07) is -1.32. The number of hydrogen-bond acceptors (Lipinski definition) is 8. The predicted octanol–water partition coefficient (Wildman–Crippen LogP) is 1.45. The molecule has 0 saturated carbocycles. The van der Waals surface area contributed by atoms with E-state index in [1.54, 1.807) is 6.92 Å². The maximum absolute atomic E-state index is 11.9. The molecule has 1 rings (SSSR count). The van der Waals surface area contributed by atoms with Crippen molar-refractivity contribution in [3.63, 3.8) is 0 Å². The Morgan fingerprint density at radius 3 is 2.57 bits per heavy atom. The summed E-state index contributed by atoms with van der Waals surface area (Å²) in [5.41, 5.74) is 6.84. The molecule has 30 heavy (non-hydrogen) atoms. The molecule has 0 aromatic heterocycles. The van der Waals surface area contributed by atoms with Gasteiger partial charge in [-0.05, 0) is 19.4 Å². The fourth-order valence-corrected chi connectivity index (χ4v) is 3.30. The van der Waals surface area contributed by atoms with Crippen LogP contribution >= 0.6 is 0 Å². The summed E-state index contributed by atoms with van der Waals surface area (Å²) in [5, 5.41) is 22.9. The number of methoxy groups -OCH3 is 1. The number of carbonyl (C=O) groups is 2. The Balaban J connectivity index is 2.69. The molecule has 5 N–H and O–H groups in total. The van der Waals surface area contributed by atoms with Crippen LogP contribution in [0.1, 0.15) is 52.4 Å². The molecule has 0 amide bonds. The molecular formula is C21H36N2O7. The third-order valence-corrected chi connectivity index (χ3v) is 4.89. The van der Waals surface area contributed by atoms with Crippen LogP contribution in [0, 0.1) is 0 Å². The zero-order chi connectivity index (χ0) is 22.7. The van der Waals surface area contributed by atoms with Gasteiger partial charge in [-0.3, -0.25) is 4.79 Å². The average Bonchev–Trinajstić information content (AvgIpc) is 2.68. The lowest BCUT2D eigenvalue weighted by atomic mass is 9.92. The van der Waals surface area contributed by atoms with Crippen LogP contribution in [0.5, 0.6) is 0 Å². The minimum Gasteiger partial charge on any atom is -0.479 e. The van der Waals surface area contributed by atoms with E-state index in [2.05, 4.69) is 18.8 Å². The molecule has 0 aliphatic carbocycles. The van der Waals surface area contributed by atoms with E-state index < -0.39 is 42.3 Å². The van der Waals surface area contributed by atoms with Crippen LogP contribution in [0.2, 0.25) is 0 Å². The Morgan fingerprint density at radius 1 is 1.33 bits per heavy atom. The van der Waals surface area contributed by atoms with Crippen LogP contribution in [-0.2, 0) is 23.8 Å². The van der Waals surface area contributed by atoms with Crippen LogP contribution in [0.3, 0.4) is 0 Å². The highest BCUT2D eigenvalue weighted by molar-refractivity contribution is 5.84. The van der Waals surface area contributed by atoms with Crippen molar-refractivity contribution in [3.05, 3.63) is 24.1 Å². The molecule has 0 fully saturated rings. The first kappa shape index (κ1) is 25.9. The lowest BCUT2D eigenvalue weighted by molar-refractivity contribution is -0.158. The van der Waals surface area contributed by atoms with Crippen molar-refractivity contribution in [2.24, 2.45) is 5.73 Å². The fourth-order valence-electron chi connectivity index (χ4n) is 3.30. The number of carboxylic acids is 1. The van der Waals surface area contributed by atoms with E-state index in [-0.39, 0.29) is 18.8 Å². The number of ether oxygens (including phenoxy) is 3. The van der Waals surface area contributed by atoms with Gasteiger partial charge in [0, 0.05) is 19.2 Å². The maximum Gasteiger partial charge on any atom is 0.370 e. The van der Waals surface area contributed by atoms with E-state index in [4.69, 9.17) is 19.9 Å². The van der Waals surface area contributed by atoms with Gasteiger partial charge in [0.05, 0.1) is 12.1 Å². The van der Waals surface area contributed by atoms with E-state index in [1.807, 2.05) is 0 Å². The molecule has 0 aromatic rings. The standard InChI is InChI=1S/C21H36N2O7/c1-5-6-7-8-9-10-17(25)29-12-15(24)19(28-4)20-18(22)14(23-13(2)3)11-16(30-20)21(26)27/h11,14-15,18-20,23-24H,2,5-10,12,22H2,1,3-4H3,(H,26,27)/t14-,15+,18+,19+,20+/m0/s1. The number of nitrogens with two attached hydrogens (primary N) is 1. The van der Waals surface area contributed by atoms with Gasteiger partial charge < -0.3 is 35.5 Å². The summed E-state index contributed by atoms with van der Waals surface area (Å²) < 4.78 is 16.0. The number of aliphatic carboxylic acids is 1. The highest BCUT2D eigenvalue weighted by Crippen LogP contribution is 2.24. The number of unbranched alkanes of at least 4 members (excludes halogenated alkanes) is 4. The minimum atomic E-state index is -1.26. The Labute approximate surface area is 178 Å². The summed E-state index contributed by atoms with van der Waals surface area (Å²) in [7, 11) is 1.35. The zero-order valence-corrected chi connectivity index (χ0v) is 18.1. The second kappa shape index (κ2) is 13.3. The monoisotopic (exact) mass is 428 g/mol. The molecule has 0 saturated heterocycles. The summed E-state index contributed by atoms with van der Waals surface area (Å²) in [6.07, 6.45) is 3.45. The van der Waals surface area contributed by atoms with E-state index >= 15 is 0 Å². The number of allylic oxidation sites excluding steroid dienone is 1. The number of rotatable bonds is 14. The van der Waals surface area contributed by atoms with Gasteiger partial charge in [-0.15, -0.1) is 0 Å². The van der Waals surface area contributed by atoms with Gasteiger partial charge >= 0.3 is 11.9 Å². The first-order valence-electron chi connectivity index (χ1n) is 10.4. The molecule has 0 spiro atoms. The Morgan fingerprint density at radius 2 is 2.00 bits per heavy atom. The largest absolute Gasteiger partial charge is 0.479 e. The molecular weight excluding hydrogens is 392 g/mol. The number of hydrogen-bond donors (Lipinski definition) is 4. The first-order valence-corrected chi connectivity index (χ1v) is 10.4. The summed E-state index contributed by atoms with van der Waals surface area (Å²) in [5.74, 6) is -1.97. The molecule has 9 nitrogen and oxygen atoms in total. The SMILES string of the molecule is C=C(C)N[C@H]1C=C(C(=O)O)O[C@@H]([C@H](OC)[C@H](O)COC(=O)CCCCCCC)[C@@H]1N. The molecule has 172 valence electrons. The Bertz CT molecular complexity index is 608.